The van der Waals surface area contributed by atoms with E-state index in [1.54, 1.807) is 0 Å². The maximum Gasteiger partial charge on any atom is 0.305 e. The number of carbonyl (C=O) groups excluding carboxylic acids is 1. The SMILES string of the molecule is CCN1CCCC1CN=C(N)NCCCCCC(=O)OC. The van der Waals surface area contributed by atoms with Crippen molar-refractivity contribution in [3.05, 3.63) is 0 Å². The fourth-order valence-electron chi connectivity index (χ4n) is 2.67. The van der Waals surface area contributed by atoms with Gasteiger partial charge in [-0.2, -0.15) is 0 Å². The van der Waals surface area contributed by atoms with E-state index < -0.39 is 0 Å². The lowest BCUT2D eigenvalue weighted by Crippen LogP contribution is -2.36. The van der Waals surface area contributed by atoms with E-state index in [2.05, 4.69) is 26.9 Å². The third-order valence-electron chi connectivity index (χ3n) is 3.97. The number of guanidine groups is 1. The normalized spacial score (nSPS) is 19.7. The minimum absolute atomic E-state index is 0.138. The van der Waals surface area contributed by atoms with E-state index in [1.165, 1.54) is 26.5 Å². The highest BCUT2D eigenvalue weighted by molar-refractivity contribution is 5.77. The third kappa shape index (κ3) is 7.32. The second-order valence-electron chi connectivity index (χ2n) is 5.46. The number of likely N-dealkylation sites (N-methyl/N-ethyl adjacent to an activating group) is 1. The average molecular weight is 298 g/mol. The molecule has 0 aromatic rings. The lowest BCUT2D eigenvalue weighted by atomic mass is 10.2. The lowest BCUT2D eigenvalue weighted by molar-refractivity contribution is -0.140. The average Bonchev–Trinajstić information content (AvgIpc) is 2.95. The van der Waals surface area contributed by atoms with Crippen LogP contribution in [0.5, 0.6) is 0 Å². The van der Waals surface area contributed by atoms with Crippen molar-refractivity contribution in [3.63, 3.8) is 0 Å². The molecule has 122 valence electrons. The highest BCUT2D eigenvalue weighted by atomic mass is 16.5. The molecule has 1 aliphatic rings. The Labute approximate surface area is 128 Å². The Hall–Kier alpha value is -1.30. The highest BCUT2D eigenvalue weighted by Gasteiger charge is 2.22. The quantitative estimate of drug-likeness (QED) is 0.288. The van der Waals surface area contributed by atoms with Crippen LogP contribution in [0.15, 0.2) is 4.99 Å². The first-order chi connectivity index (χ1) is 10.2. The van der Waals surface area contributed by atoms with E-state index in [9.17, 15) is 4.79 Å². The highest BCUT2D eigenvalue weighted by Crippen LogP contribution is 2.16. The molecular weight excluding hydrogens is 268 g/mol. The van der Waals surface area contributed by atoms with Crippen molar-refractivity contribution < 1.29 is 9.53 Å². The van der Waals surface area contributed by atoms with Gasteiger partial charge in [-0.25, -0.2) is 0 Å². The molecule has 0 radical (unpaired) electrons. The van der Waals surface area contributed by atoms with Gasteiger partial charge in [0.05, 0.1) is 13.7 Å². The molecule has 0 aliphatic carbocycles. The van der Waals surface area contributed by atoms with Gasteiger partial charge in [0.2, 0.25) is 0 Å². The Kier molecular flexibility index (Phi) is 8.82. The summed E-state index contributed by atoms with van der Waals surface area (Å²) in [4.78, 5) is 17.8. The molecule has 21 heavy (non-hydrogen) atoms. The molecule has 1 atom stereocenters. The Bertz CT molecular complexity index is 334. The molecule has 1 rings (SSSR count). The smallest absolute Gasteiger partial charge is 0.305 e. The largest absolute Gasteiger partial charge is 0.469 e. The fourth-order valence-corrected chi connectivity index (χ4v) is 2.67. The van der Waals surface area contributed by atoms with Gasteiger partial charge in [0.25, 0.3) is 0 Å². The predicted octanol–water partition coefficient (Wildman–Crippen LogP) is 1.11. The van der Waals surface area contributed by atoms with E-state index in [1.807, 2.05) is 0 Å². The number of ether oxygens (including phenoxy) is 1. The van der Waals surface area contributed by atoms with Crippen molar-refractivity contribution in [2.45, 2.75) is 51.5 Å². The first-order valence-corrected chi connectivity index (χ1v) is 8.02. The summed E-state index contributed by atoms with van der Waals surface area (Å²) < 4.78 is 4.60. The summed E-state index contributed by atoms with van der Waals surface area (Å²) in [6, 6.07) is 0.551. The van der Waals surface area contributed by atoms with E-state index in [-0.39, 0.29) is 5.97 Å². The topological polar surface area (TPSA) is 80.0 Å². The van der Waals surface area contributed by atoms with Crippen molar-refractivity contribution in [2.75, 3.05) is 33.3 Å². The number of likely N-dealkylation sites (tertiary alicyclic amines) is 1. The van der Waals surface area contributed by atoms with Gasteiger partial charge in [-0.05, 0) is 38.8 Å². The zero-order valence-electron chi connectivity index (χ0n) is 13.4. The maximum absolute atomic E-state index is 10.9. The van der Waals surface area contributed by atoms with Crippen LogP contribution in [0.2, 0.25) is 0 Å². The van der Waals surface area contributed by atoms with Crippen LogP contribution in [-0.4, -0.2) is 56.2 Å². The van der Waals surface area contributed by atoms with E-state index in [0.29, 0.717) is 18.4 Å². The van der Waals surface area contributed by atoms with Crippen LogP contribution >= 0.6 is 0 Å². The lowest BCUT2D eigenvalue weighted by Gasteiger charge is -2.20. The molecule has 1 saturated heterocycles. The van der Waals surface area contributed by atoms with Crippen LogP contribution in [0.1, 0.15) is 45.4 Å². The van der Waals surface area contributed by atoms with Crippen molar-refractivity contribution >= 4 is 11.9 Å². The molecule has 0 aromatic heterocycles. The Morgan fingerprint density at radius 2 is 2.24 bits per heavy atom. The summed E-state index contributed by atoms with van der Waals surface area (Å²) in [7, 11) is 1.42. The van der Waals surface area contributed by atoms with E-state index >= 15 is 0 Å². The molecule has 1 aliphatic heterocycles. The fraction of sp³-hybridized carbons (Fsp3) is 0.867. The van der Waals surface area contributed by atoms with Crippen molar-refractivity contribution in [3.8, 4) is 0 Å². The summed E-state index contributed by atoms with van der Waals surface area (Å²) in [5.41, 5.74) is 5.87. The minimum Gasteiger partial charge on any atom is -0.469 e. The molecule has 0 spiro atoms. The van der Waals surface area contributed by atoms with Crippen LogP contribution < -0.4 is 11.1 Å². The van der Waals surface area contributed by atoms with Gasteiger partial charge in [0.1, 0.15) is 0 Å². The number of aliphatic imine (C=N–C) groups is 1. The summed E-state index contributed by atoms with van der Waals surface area (Å²) in [6.45, 7) is 6.06. The van der Waals surface area contributed by atoms with Gasteiger partial charge in [0.15, 0.2) is 5.96 Å². The summed E-state index contributed by atoms with van der Waals surface area (Å²) in [6.07, 6.45) is 5.81. The Morgan fingerprint density at radius 3 is 2.95 bits per heavy atom. The third-order valence-corrected chi connectivity index (χ3v) is 3.97. The number of rotatable bonds is 9. The first kappa shape index (κ1) is 17.8. The molecule has 0 bridgehead atoms. The van der Waals surface area contributed by atoms with Crippen molar-refractivity contribution in [2.24, 2.45) is 10.7 Å². The van der Waals surface area contributed by atoms with Gasteiger partial charge in [0, 0.05) is 19.0 Å². The first-order valence-electron chi connectivity index (χ1n) is 8.02. The van der Waals surface area contributed by atoms with Crippen LogP contribution in [0.25, 0.3) is 0 Å². The second-order valence-corrected chi connectivity index (χ2v) is 5.46. The van der Waals surface area contributed by atoms with Gasteiger partial charge in [-0.15, -0.1) is 0 Å². The Balaban J connectivity index is 2.06. The summed E-state index contributed by atoms with van der Waals surface area (Å²) in [5, 5.41) is 3.13. The summed E-state index contributed by atoms with van der Waals surface area (Å²) >= 11 is 0. The van der Waals surface area contributed by atoms with Gasteiger partial charge in [-0.3, -0.25) is 14.7 Å². The second kappa shape index (κ2) is 10.4. The van der Waals surface area contributed by atoms with Gasteiger partial charge < -0.3 is 15.8 Å². The van der Waals surface area contributed by atoms with Crippen LogP contribution in [0.3, 0.4) is 0 Å². The number of nitrogens with zero attached hydrogens (tertiary/aromatic N) is 2. The molecule has 6 nitrogen and oxygen atoms in total. The number of esters is 1. The molecule has 0 aromatic carbocycles. The van der Waals surface area contributed by atoms with Crippen molar-refractivity contribution in [1.29, 1.82) is 0 Å². The molecule has 1 fully saturated rings. The summed E-state index contributed by atoms with van der Waals surface area (Å²) in [5.74, 6) is 0.395. The number of unbranched alkanes of at least 4 members (excludes halogenated alkanes) is 2. The van der Waals surface area contributed by atoms with Crippen LogP contribution in [0.4, 0.5) is 0 Å². The number of hydrogen-bond donors (Lipinski definition) is 2. The number of hydrogen-bond acceptors (Lipinski definition) is 4. The Morgan fingerprint density at radius 1 is 1.43 bits per heavy atom. The van der Waals surface area contributed by atoms with Gasteiger partial charge >= 0.3 is 5.97 Å². The standard InChI is InChI=1S/C15H30N4O2/c1-3-19-11-7-8-13(19)12-18-15(16)17-10-6-4-5-9-14(20)21-2/h13H,3-12H2,1-2H3,(H3,16,17,18). The number of carbonyl (C=O) groups is 1. The molecule has 1 unspecified atom stereocenters. The molecule has 0 saturated carbocycles. The minimum atomic E-state index is -0.138. The van der Waals surface area contributed by atoms with Crippen LogP contribution in [0, 0.1) is 0 Å². The molecule has 6 heteroatoms. The zero-order chi connectivity index (χ0) is 15.5. The van der Waals surface area contributed by atoms with Crippen LogP contribution in [-0.2, 0) is 9.53 Å². The maximum atomic E-state index is 10.9. The number of methoxy groups -OCH3 is 1. The molecular formula is C15H30N4O2. The number of nitrogens with one attached hydrogen (secondary N) is 1. The molecule has 1 heterocycles. The van der Waals surface area contributed by atoms with E-state index in [0.717, 1.165) is 38.9 Å². The van der Waals surface area contributed by atoms with E-state index in [4.69, 9.17) is 5.73 Å². The molecule has 0 amide bonds. The monoisotopic (exact) mass is 298 g/mol. The predicted molar refractivity (Wildman–Crippen MR) is 85.2 cm³/mol. The molecule has 3 N–H and O–H groups in total. The zero-order valence-corrected chi connectivity index (χ0v) is 13.4. The van der Waals surface area contributed by atoms with Crippen molar-refractivity contribution in [1.82, 2.24) is 10.2 Å². The van der Waals surface area contributed by atoms with Gasteiger partial charge in [-0.1, -0.05) is 13.3 Å². The number of nitrogens with two attached hydrogens (primary N) is 1.